The zero-order chi connectivity index (χ0) is 18.8. The van der Waals surface area contributed by atoms with Crippen LogP contribution in [0.25, 0.3) is 10.9 Å². The van der Waals surface area contributed by atoms with E-state index in [1.165, 1.54) is 32.5 Å². The molecule has 2 heterocycles. The second kappa shape index (κ2) is 7.33. The smallest absolute Gasteiger partial charge is 0.261 e. The third kappa shape index (κ3) is 3.12. The van der Waals surface area contributed by atoms with Gasteiger partial charge in [0, 0.05) is 17.8 Å². The summed E-state index contributed by atoms with van der Waals surface area (Å²) in [7, 11) is 4.55. The fourth-order valence-corrected chi connectivity index (χ4v) is 3.71. The molecule has 7 nitrogen and oxygen atoms in total. The second-order valence-corrected chi connectivity index (χ2v) is 7.07. The molecule has 0 saturated carbocycles. The van der Waals surface area contributed by atoms with Gasteiger partial charge in [-0.25, -0.2) is 9.97 Å². The van der Waals surface area contributed by atoms with E-state index in [1.54, 1.807) is 22.0 Å². The maximum atomic E-state index is 12.9. The summed E-state index contributed by atoms with van der Waals surface area (Å²) >= 11 is 1.66. The summed E-state index contributed by atoms with van der Waals surface area (Å²) in [5.41, 5.74) is 1.34. The van der Waals surface area contributed by atoms with Gasteiger partial charge in [0.05, 0.1) is 43.7 Å². The van der Waals surface area contributed by atoms with Crippen molar-refractivity contribution in [3.05, 3.63) is 38.3 Å². The number of benzene rings is 1. The summed E-state index contributed by atoms with van der Waals surface area (Å²) in [4.78, 5) is 23.0. The first-order chi connectivity index (χ1) is 12.5. The molecule has 26 heavy (non-hydrogen) atoms. The van der Waals surface area contributed by atoms with E-state index in [1.807, 2.05) is 13.8 Å². The van der Waals surface area contributed by atoms with Crippen molar-refractivity contribution in [3.63, 3.8) is 0 Å². The highest BCUT2D eigenvalue weighted by molar-refractivity contribution is 7.11. The molecule has 3 rings (SSSR count). The van der Waals surface area contributed by atoms with E-state index in [9.17, 15) is 4.79 Å². The SMILES string of the molecule is COc1cc2c(=O)n(CCc3nc(C)c(C)s3)cnc2c(OC)c1OC. The van der Waals surface area contributed by atoms with Gasteiger partial charge in [0.1, 0.15) is 5.52 Å². The first-order valence-corrected chi connectivity index (χ1v) is 8.92. The normalized spacial score (nSPS) is 11.0. The predicted molar refractivity (Wildman–Crippen MR) is 101 cm³/mol. The number of nitrogens with zero attached hydrogens (tertiary/aromatic N) is 3. The Morgan fingerprint density at radius 1 is 1.12 bits per heavy atom. The van der Waals surface area contributed by atoms with Crippen molar-refractivity contribution in [2.24, 2.45) is 0 Å². The van der Waals surface area contributed by atoms with Gasteiger partial charge in [-0.1, -0.05) is 0 Å². The van der Waals surface area contributed by atoms with Crippen LogP contribution in [0.15, 0.2) is 17.2 Å². The molecule has 0 aliphatic carbocycles. The number of hydrogen-bond donors (Lipinski definition) is 0. The van der Waals surface area contributed by atoms with E-state index in [-0.39, 0.29) is 5.56 Å². The zero-order valence-electron chi connectivity index (χ0n) is 15.5. The molecule has 0 aliphatic heterocycles. The predicted octanol–water partition coefficient (Wildman–Crippen LogP) is 2.74. The first kappa shape index (κ1) is 18.2. The van der Waals surface area contributed by atoms with Gasteiger partial charge in [0.15, 0.2) is 11.5 Å². The molecule has 0 aliphatic rings. The summed E-state index contributed by atoms with van der Waals surface area (Å²) < 4.78 is 17.7. The van der Waals surface area contributed by atoms with Gasteiger partial charge < -0.3 is 14.2 Å². The highest BCUT2D eigenvalue weighted by Gasteiger charge is 2.19. The summed E-state index contributed by atoms with van der Waals surface area (Å²) in [5, 5.41) is 1.44. The van der Waals surface area contributed by atoms with E-state index in [0.29, 0.717) is 41.1 Å². The molecule has 0 unspecified atom stereocenters. The average Bonchev–Trinajstić information content (AvgIpc) is 2.97. The van der Waals surface area contributed by atoms with Gasteiger partial charge >= 0.3 is 0 Å². The molecule has 0 saturated heterocycles. The third-order valence-corrected chi connectivity index (χ3v) is 5.39. The van der Waals surface area contributed by atoms with Gasteiger partial charge in [-0.3, -0.25) is 9.36 Å². The minimum absolute atomic E-state index is 0.153. The Labute approximate surface area is 155 Å². The van der Waals surface area contributed by atoms with Crippen LogP contribution in [-0.4, -0.2) is 35.9 Å². The van der Waals surface area contributed by atoms with Crippen molar-refractivity contribution in [1.82, 2.24) is 14.5 Å². The van der Waals surface area contributed by atoms with E-state index < -0.39 is 0 Å². The molecule has 2 aromatic heterocycles. The minimum atomic E-state index is -0.153. The Hall–Kier alpha value is -2.61. The molecule has 0 N–H and O–H groups in total. The first-order valence-electron chi connectivity index (χ1n) is 8.11. The van der Waals surface area contributed by atoms with Gasteiger partial charge in [-0.05, 0) is 19.9 Å². The molecule has 0 spiro atoms. The zero-order valence-corrected chi connectivity index (χ0v) is 16.3. The molecule has 1 aromatic carbocycles. The lowest BCUT2D eigenvalue weighted by molar-refractivity contribution is 0.326. The van der Waals surface area contributed by atoms with E-state index in [4.69, 9.17) is 14.2 Å². The van der Waals surface area contributed by atoms with Crippen LogP contribution in [0.5, 0.6) is 17.2 Å². The molecular formula is C18H21N3O4S. The summed E-state index contributed by atoms with van der Waals surface area (Å²) in [6.07, 6.45) is 2.21. The molecule has 0 radical (unpaired) electrons. The van der Waals surface area contributed by atoms with Crippen molar-refractivity contribution in [2.75, 3.05) is 21.3 Å². The lowest BCUT2D eigenvalue weighted by Gasteiger charge is -2.14. The fraction of sp³-hybridized carbons (Fsp3) is 0.389. The van der Waals surface area contributed by atoms with Crippen LogP contribution in [0.4, 0.5) is 0 Å². The van der Waals surface area contributed by atoms with Crippen LogP contribution in [0.2, 0.25) is 0 Å². The lowest BCUT2D eigenvalue weighted by Crippen LogP contribution is -2.22. The van der Waals surface area contributed by atoms with Crippen molar-refractivity contribution >= 4 is 22.2 Å². The van der Waals surface area contributed by atoms with Crippen LogP contribution < -0.4 is 19.8 Å². The largest absolute Gasteiger partial charge is 0.493 e. The van der Waals surface area contributed by atoms with Crippen LogP contribution in [0.1, 0.15) is 15.6 Å². The van der Waals surface area contributed by atoms with Gasteiger partial charge in [0.2, 0.25) is 5.75 Å². The maximum absolute atomic E-state index is 12.9. The van der Waals surface area contributed by atoms with E-state index in [0.717, 1.165) is 10.7 Å². The lowest BCUT2D eigenvalue weighted by atomic mass is 10.2. The van der Waals surface area contributed by atoms with Crippen molar-refractivity contribution < 1.29 is 14.2 Å². The topological polar surface area (TPSA) is 75.5 Å². The van der Waals surface area contributed by atoms with Crippen LogP contribution in [-0.2, 0) is 13.0 Å². The molecular weight excluding hydrogens is 354 g/mol. The van der Waals surface area contributed by atoms with Gasteiger partial charge in [-0.15, -0.1) is 11.3 Å². The van der Waals surface area contributed by atoms with Crippen LogP contribution >= 0.6 is 11.3 Å². The number of aryl methyl sites for hydroxylation is 4. The summed E-state index contributed by atoms with van der Waals surface area (Å²) in [5.74, 6) is 1.23. The molecule has 0 amide bonds. The number of methoxy groups -OCH3 is 3. The third-order valence-electron chi connectivity index (χ3n) is 4.26. The Bertz CT molecular complexity index is 990. The monoisotopic (exact) mass is 375 g/mol. The molecule has 138 valence electrons. The highest BCUT2D eigenvalue weighted by atomic mass is 32.1. The number of ether oxygens (including phenoxy) is 3. The van der Waals surface area contributed by atoms with E-state index >= 15 is 0 Å². The second-order valence-electron chi connectivity index (χ2n) is 5.78. The number of hydrogen-bond acceptors (Lipinski definition) is 7. The van der Waals surface area contributed by atoms with Crippen LogP contribution in [0.3, 0.4) is 0 Å². The van der Waals surface area contributed by atoms with E-state index in [2.05, 4.69) is 9.97 Å². The Kier molecular flexibility index (Phi) is 5.13. The van der Waals surface area contributed by atoms with Gasteiger partial charge in [-0.2, -0.15) is 0 Å². The molecule has 0 fully saturated rings. The van der Waals surface area contributed by atoms with Gasteiger partial charge in [0.25, 0.3) is 5.56 Å². The minimum Gasteiger partial charge on any atom is -0.493 e. The quantitative estimate of drug-likeness (QED) is 0.659. The summed E-state index contributed by atoms with van der Waals surface area (Å²) in [6, 6.07) is 1.64. The van der Waals surface area contributed by atoms with Crippen LogP contribution in [0, 0.1) is 13.8 Å². The molecule has 0 atom stereocenters. The number of aromatic nitrogens is 3. The molecule has 3 aromatic rings. The highest BCUT2D eigenvalue weighted by Crippen LogP contribution is 2.41. The molecule has 8 heteroatoms. The Balaban J connectivity index is 2.03. The Morgan fingerprint density at radius 3 is 2.42 bits per heavy atom. The Morgan fingerprint density at radius 2 is 1.85 bits per heavy atom. The number of rotatable bonds is 6. The average molecular weight is 375 g/mol. The summed E-state index contributed by atoms with van der Waals surface area (Å²) in [6.45, 7) is 4.54. The van der Waals surface area contributed by atoms with Crippen molar-refractivity contribution in [2.45, 2.75) is 26.8 Å². The maximum Gasteiger partial charge on any atom is 0.261 e. The fourth-order valence-electron chi connectivity index (χ4n) is 2.79. The molecule has 0 bridgehead atoms. The number of thiazole rings is 1. The van der Waals surface area contributed by atoms with Crippen molar-refractivity contribution in [3.8, 4) is 17.2 Å². The van der Waals surface area contributed by atoms with Crippen molar-refractivity contribution in [1.29, 1.82) is 0 Å². The number of fused-ring (bicyclic) bond motifs is 1. The standard InChI is InChI=1S/C18H21N3O4S/c1-10-11(2)26-14(20-10)6-7-21-9-19-15-12(18(21)22)8-13(23-3)16(24-4)17(15)25-5/h8-9H,6-7H2,1-5H3.